The van der Waals surface area contributed by atoms with E-state index < -0.39 is 4.92 Å². The molecule has 1 aliphatic heterocycles. The van der Waals surface area contributed by atoms with Crippen LogP contribution in [-0.2, 0) is 22.4 Å². The van der Waals surface area contributed by atoms with E-state index in [9.17, 15) is 19.7 Å². The minimum atomic E-state index is -0.480. The first kappa shape index (κ1) is 22.1. The van der Waals surface area contributed by atoms with Crippen LogP contribution in [0.5, 0.6) is 11.5 Å². The summed E-state index contributed by atoms with van der Waals surface area (Å²) in [6, 6.07) is 10.2. The van der Waals surface area contributed by atoms with E-state index in [0.717, 1.165) is 24.2 Å². The predicted molar refractivity (Wildman–Crippen MR) is 115 cm³/mol. The first-order valence-corrected chi connectivity index (χ1v) is 9.98. The lowest BCUT2D eigenvalue weighted by Crippen LogP contribution is -2.27. The molecule has 2 amide bonds. The number of nitrogens with zero attached hydrogens (tertiary/aromatic N) is 2. The van der Waals surface area contributed by atoms with Gasteiger partial charge in [0, 0.05) is 30.8 Å². The summed E-state index contributed by atoms with van der Waals surface area (Å²) in [6.45, 7) is 0.969. The molecule has 2 aromatic carbocycles. The molecule has 2 aromatic rings. The highest BCUT2D eigenvalue weighted by atomic mass is 16.6. The Morgan fingerprint density at radius 3 is 2.42 bits per heavy atom. The van der Waals surface area contributed by atoms with Crippen molar-refractivity contribution in [1.82, 2.24) is 5.32 Å². The van der Waals surface area contributed by atoms with Crippen LogP contribution in [0.1, 0.15) is 24.0 Å². The van der Waals surface area contributed by atoms with Crippen molar-refractivity contribution in [3.8, 4) is 11.5 Å². The number of rotatable bonds is 9. The molecule has 0 spiro atoms. The molecular weight excluding hydrogens is 402 g/mol. The van der Waals surface area contributed by atoms with E-state index in [1.807, 2.05) is 24.3 Å². The van der Waals surface area contributed by atoms with Crippen molar-refractivity contribution in [3.05, 3.63) is 57.6 Å². The van der Waals surface area contributed by atoms with Crippen molar-refractivity contribution in [2.75, 3.05) is 32.2 Å². The maximum absolute atomic E-state index is 12.3. The molecule has 164 valence electrons. The normalized spacial score (nSPS) is 13.2. The molecule has 0 aliphatic carbocycles. The molecular formula is C22H25N3O6. The number of nitrogens with one attached hydrogen (secondary N) is 1. The molecule has 1 saturated heterocycles. The van der Waals surface area contributed by atoms with Crippen LogP contribution in [0.4, 0.5) is 11.4 Å². The van der Waals surface area contributed by atoms with E-state index in [1.54, 1.807) is 11.0 Å². The van der Waals surface area contributed by atoms with Gasteiger partial charge in [-0.05, 0) is 36.6 Å². The second-order valence-corrected chi connectivity index (χ2v) is 7.19. The summed E-state index contributed by atoms with van der Waals surface area (Å²) in [7, 11) is 2.87. The van der Waals surface area contributed by atoms with Gasteiger partial charge in [0.25, 0.3) is 5.69 Å². The number of benzene rings is 2. The zero-order valence-electron chi connectivity index (χ0n) is 17.6. The largest absolute Gasteiger partial charge is 0.493 e. The van der Waals surface area contributed by atoms with E-state index in [4.69, 9.17) is 9.47 Å². The van der Waals surface area contributed by atoms with Crippen molar-refractivity contribution in [3.63, 3.8) is 0 Å². The monoisotopic (exact) mass is 427 g/mol. The van der Waals surface area contributed by atoms with Gasteiger partial charge in [-0.1, -0.05) is 12.1 Å². The number of nitro benzene ring substituents is 1. The summed E-state index contributed by atoms with van der Waals surface area (Å²) in [6.07, 6.45) is 1.89. The number of hydrogen-bond acceptors (Lipinski definition) is 6. The molecule has 31 heavy (non-hydrogen) atoms. The zero-order valence-corrected chi connectivity index (χ0v) is 17.6. The van der Waals surface area contributed by atoms with Crippen molar-refractivity contribution < 1.29 is 24.0 Å². The Kier molecular flexibility index (Phi) is 7.07. The van der Waals surface area contributed by atoms with Gasteiger partial charge in [-0.3, -0.25) is 19.7 Å². The van der Waals surface area contributed by atoms with Crippen LogP contribution in [0, 0.1) is 10.1 Å². The van der Waals surface area contributed by atoms with Gasteiger partial charge in [-0.15, -0.1) is 0 Å². The van der Waals surface area contributed by atoms with Crippen LogP contribution in [0.15, 0.2) is 36.4 Å². The Bertz CT molecular complexity index is 974. The van der Waals surface area contributed by atoms with Gasteiger partial charge >= 0.3 is 0 Å². The Balaban J connectivity index is 1.56. The summed E-state index contributed by atoms with van der Waals surface area (Å²) < 4.78 is 10.3. The number of ether oxygens (including phenoxy) is 2. The lowest BCUT2D eigenvalue weighted by Gasteiger charge is -2.16. The smallest absolute Gasteiger partial charge is 0.276 e. The van der Waals surface area contributed by atoms with Crippen molar-refractivity contribution in [2.45, 2.75) is 25.7 Å². The first-order valence-electron chi connectivity index (χ1n) is 9.98. The van der Waals surface area contributed by atoms with Crippen molar-refractivity contribution >= 4 is 23.2 Å². The molecule has 0 radical (unpaired) electrons. The third-order valence-electron chi connectivity index (χ3n) is 5.18. The van der Waals surface area contributed by atoms with Gasteiger partial charge in [0.2, 0.25) is 11.8 Å². The number of nitro groups is 1. The molecule has 9 nitrogen and oxygen atoms in total. The molecule has 0 aromatic heterocycles. The molecule has 0 bridgehead atoms. The van der Waals surface area contributed by atoms with E-state index in [1.165, 1.54) is 20.3 Å². The van der Waals surface area contributed by atoms with E-state index in [0.29, 0.717) is 17.7 Å². The molecule has 0 unspecified atom stereocenters. The third-order valence-corrected chi connectivity index (χ3v) is 5.18. The molecule has 1 N–H and O–H groups in total. The summed E-state index contributed by atoms with van der Waals surface area (Å²) >= 11 is 0. The minimum Gasteiger partial charge on any atom is -0.493 e. The van der Waals surface area contributed by atoms with Gasteiger partial charge in [0.15, 0.2) is 11.5 Å². The first-order chi connectivity index (χ1) is 14.9. The second-order valence-electron chi connectivity index (χ2n) is 7.19. The van der Waals surface area contributed by atoms with Crippen LogP contribution in [0.25, 0.3) is 0 Å². The van der Waals surface area contributed by atoms with Gasteiger partial charge in [0.1, 0.15) is 0 Å². The Hall–Kier alpha value is -3.62. The molecule has 3 rings (SSSR count). The number of hydrogen-bond donors (Lipinski definition) is 1. The Morgan fingerprint density at radius 1 is 1.16 bits per heavy atom. The van der Waals surface area contributed by atoms with Crippen LogP contribution in [0.2, 0.25) is 0 Å². The van der Waals surface area contributed by atoms with Gasteiger partial charge in [-0.25, -0.2) is 0 Å². The number of amides is 2. The van der Waals surface area contributed by atoms with Gasteiger partial charge in [-0.2, -0.15) is 0 Å². The van der Waals surface area contributed by atoms with Crippen LogP contribution < -0.4 is 19.7 Å². The molecule has 9 heteroatoms. The van der Waals surface area contributed by atoms with E-state index >= 15 is 0 Å². The Morgan fingerprint density at radius 2 is 1.84 bits per heavy atom. The predicted octanol–water partition coefficient (Wildman–Crippen LogP) is 2.64. The number of methoxy groups -OCH3 is 2. The summed E-state index contributed by atoms with van der Waals surface area (Å²) in [5.74, 6) is 0.606. The topological polar surface area (TPSA) is 111 Å². The lowest BCUT2D eigenvalue weighted by atomic mass is 10.1. The summed E-state index contributed by atoms with van der Waals surface area (Å²) in [5, 5.41) is 14.2. The van der Waals surface area contributed by atoms with Crippen LogP contribution >= 0.6 is 0 Å². The number of anilines is 1. The average molecular weight is 427 g/mol. The quantitative estimate of drug-likeness (QED) is 0.486. The van der Waals surface area contributed by atoms with Crippen LogP contribution in [0.3, 0.4) is 0 Å². The van der Waals surface area contributed by atoms with Gasteiger partial charge in [0.05, 0.1) is 31.6 Å². The average Bonchev–Trinajstić information content (AvgIpc) is 3.19. The lowest BCUT2D eigenvalue weighted by molar-refractivity contribution is -0.385. The SMILES string of the molecule is COc1cc(CCNC(=O)Cc2ccc(N3CCCC3=O)cc2)c([N+](=O)[O-])cc1OC. The van der Waals surface area contributed by atoms with Crippen LogP contribution in [-0.4, -0.2) is 44.0 Å². The zero-order chi connectivity index (χ0) is 22.4. The van der Waals surface area contributed by atoms with Crippen molar-refractivity contribution in [1.29, 1.82) is 0 Å². The highest BCUT2D eigenvalue weighted by Crippen LogP contribution is 2.34. The summed E-state index contributed by atoms with van der Waals surface area (Å²) in [5.41, 5.74) is 2.03. The van der Waals surface area contributed by atoms with Gasteiger partial charge < -0.3 is 19.7 Å². The van der Waals surface area contributed by atoms with Crippen molar-refractivity contribution in [2.24, 2.45) is 0 Å². The fraction of sp³-hybridized carbons (Fsp3) is 0.364. The number of carbonyl (C=O) groups is 2. The van der Waals surface area contributed by atoms with E-state index in [2.05, 4.69) is 5.32 Å². The standard InChI is InChI=1S/C22H25N3O6/c1-30-19-13-16(18(25(28)29)14-20(19)31-2)9-10-23-21(26)12-15-5-7-17(8-6-15)24-11-3-4-22(24)27/h5-8,13-14H,3-4,9-12H2,1-2H3,(H,23,26). The number of carbonyl (C=O) groups excluding carboxylic acids is 2. The second kappa shape index (κ2) is 9.92. The molecule has 0 atom stereocenters. The minimum absolute atomic E-state index is 0.0843. The maximum Gasteiger partial charge on any atom is 0.276 e. The molecule has 0 saturated carbocycles. The summed E-state index contributed by atoms with van der Waals surface area (Å²) in [4.78, 5) is 36.7. The fourth-order valence-corrected chi connectivity index (χ4v) is 3.58. The maximum atomic E-state index is 12.3. The molecule has 1 aliphatic rings. The molecule has 1 heterocycles. The van der Waals surface area contributed by atoms with E-state index in [-0.39, 0.29) is 42.6 Å². The molecule has 1 fully saturated rings. The fourth-order valence-electron chi connectivity index (χ4n) is 3.58. The highest BCUT2D eigenvalue weighted by molar-refractivity contribution is 5.95. The third kappa shape index (κ3) is 5.30. The highest BCUT2D eigenvalue weighted by Gasteiger charge is 2.22. The Labute approximate surface area is 180 Å².